The summed E-state index contributed by atoms with van der Waals surface area (Å²) in [4.78, 5) is 21.3. The molecule has 0 spiro atoms. The molecular formula is C10H14O4. The summed E-state index contributed by atoms with van der Waals surface area (Å²) in [6.07, 6.45) is 2.42. The standard InChI is InChI=1S/C10H14O4/c1-7(12)9-8(5-4-6-11)13-10(2,3)14-9/h4-6,8-9H,1-3H3/b5-4+. The molecule has 1 aliphatic heterocycles. The minimum Gasteiger partial charge on any atom is -0.340 e. The summed E-state index contributed by atoms with van der Waals surface area (Å²) < 4.78 is 10.8. The van der Waals surface area contributed by atoms with E-state index in [0.717, 1.165) is 0 Å². The van der Waals surface area contributed by atoms with Crippen LogP contribution in [0.15, 0.2) is 12.2 Å². The van der Waals surface area contributed by atoms with E-state index in [1.807, 2.05) is 0 Å². The number of carbonyl (C=O) groups excluding carboxylic acids is 2. The molecule has 1 rings (SSSR count). The fraction of sp³-hybridized carbons (Fsp3) is 0.600. The van der Waals surface area contributed by atoms with Crippen LogP contribution >= 0.6 is 0 Å². The van der Waals surface area contributed by atoms with Crippen molar-refractivity contribution < 1.29 is 19.1 Å². The molecule has 0 aromatic heterocycles. The lowest BCUT2D eigenvalue weighted by Gasteiger charge is -2.15. The fourth-order valence-corrected chi connectivity index (χ4v) is 1.40. The van der Waals surface area contributed by atoms with Gasteiger partial charge in [-0.3, -0.25) is 9.59 Å². The van der Waals surface area contributed by atoms with Gasteiger partial charge in [-0.2, -0.15) is 0 Å². The van der Waals surface area contributed by atoms with E-state index in [1.54, 1.807) is 13.8 Å². The molecule has 1 fully saturated rings. The van der Waals surface area contributed by atoms with Crippen molar-refractivity contribution in [3.63, 3.8) is 0 Å². The number of aldehydes is 1. The van der Waals surface area contributed by atoms with Gasteiger partial charge in [0.25, 0.3) is 0 Å². The number of rotatable bonds is 3. The lowest BCUT2D eigenvalue weighted by molar-refractivity contribution is -0.152. The SMILES string of the molecule is CC(=O)C1OC(C)(C)OC1/C=C/C=O. The molecule has 0 bridgehead atoms. The van der Waals surface area contributed by atoms with Crippen LogP contribution in [0.25, 0.3) is 0 Å². The average Bonchev–Trinajstić information content (AvgIpc) is 2.38. The normalized spacial score (nSPS) is 30.8. The van der Waals surface area contributed by atoms with Crippen LogP contribution < -0.4 is 0 Å². The highest BCUT2D eigenvalue weighted by Gasteiger charge is 2.42. The van der Waals surface area contributed by atoms with Crippen molar-refractivity contribution in [2.75, 3.05) is 0 Å². The molecule has 78 valence electrons. The summed E-state index contributed by atoms with van der Waals surface area (Å²) in [5.41, 5.74) is 0. The molecule has 4 nitrogen and oxygen atoms in total. The number of carbonyl (C=O) groups is 2. The third-order valence-electron chi connectivity index (χ3n) is 1.91. The zero-order valence-corrected chi connectivity index (χ0v) is 8.52. The van der Waals surface area contributed by atoms with Gasteiger partial charge in [0.1, 0.15) is 18.5 Å². The first-order valence-electron chi connectivity index (χ1n) is 4.44. The van der Waals surface area contributed by atoms with Gasteiger partial charge >= 0.3 is 0 Å². The van der Waals surface area contributed by atoms with Crippen LogP contribution in [0.2, 0.25) is 0 Å². The minimum absolute atomic E-state index is 0.101. The van der Waals surface area contributed by atoms with Crippen molar-refractivity contribution >= 4 is 12.1 Å². The highest BCUT2D eigenvalue weighted by molar-refractivity contribution is 5.82. The van der Waals surface area contributed by atoms with Gasteiger partial charge in [-0.1, -0.05) is 0 Å². The largest absolute Gasteiger partial charge is 0.340 e. The smallest absolute Gasteiger partial charge is 0.164 e. The van der Waals surface area contributed by atoms with Gasteiger partial charge in [0, 0.05) is 0 Å². The number of Topliss-reactive ketones (excluding diaryl/α,β-unsaturated/α-hetero) is 1. The second kappa shape index (κ2) is 4.02. The van der Waals surface area contributed by atoms with Gasteiger partial charge in [-0.25, -0.2) is 0 Å². The van der Waals surface area contributed by atoms with Gasteiger partial charge in [0.05, 0.1) is 0 Å². The van der Waals surface area contributed by atoms with Gasteiger partial charge < -0.3 is 9.47 Å². The predicted octanol–water partition coefficient (Wildman–Crippen LogP) is 0.851. The molecule has 0 aromatic carbocycles. The number of allylic oxidation sites excluding steroid dienone is 1. The van der Waals surface area contributed by atoms with E-state index in [-0.39, 0.29) is 5.78 Å². The van der Waals surface area contributed by atoms with E-state index in [2.05, 4.69) is 0 Å². The first-order chi connectivity index (χ1) is 6.46. The Morgan fingerprint density at radius 3 is 2.50 bits per heavy atom. The molecule has 2 unspecified atom stereocenters. The molecule has 0 aromatic rings. The van der Waals surface area contributed by atoms with E-state index in [1.165, 1.54) is 19.1 Å². The first-order valence-corrected chi connectivity index (χ1v) is 4.44. The lowest BCUT2D eigenvalue weighted by Crippen LogP contribution is -2.28. The Kier molecular flexibility index (Phi) is 3.18. The van der Waals surface area contributed by atoms with Crippen molar-refractivity contribution in [2.24, 2.45) is 0 Å². The molecule has 0 aliphatic carbocycles. The third kappa shape index (κ3) is 2.49. The summed E-state index contributed by atoms with van der Waals surface area (Å²) in [7, 11) is 0. The number of hydrogen-bond acceptors (Lipinski definition) is 4. The van der Waals surface area contributed by atoms with Crippen LogP contribution in [0.5, 0.6) is 0 Å². The van der Waals surface area contributed by atoms with Crippen LogP contribution in [0, 0.1) is 0 Å². The maximum Gasteiger partial charge on any atom is 0.164 e. The Hall–Kier alpha value is -1.00. The zero-order valence-electron chi connectivity index (χ0n) is 8.52. The van der Waals surface area contributed by atoms with Crippen LogP contribution in [-0.2, 0) is 19.1 Å². The maximum absolute atomic E-state index is 11.2. The van der Waals surface area contributed by atoms with E-state index >= 15 is 0 Å². The van der Waals surface area contributed by atoms with E-state index < -0.39 is 18.0 Å². The summed E-state index contributed by atoms with van der Waals surface area (Å²) in [6, 6.07) is 0. The van der Waals surface area contributed by atoms with Crippen molar-refractivity contribution in [1.82, 2.24) is 0 Å². The van der Waals surface area contributed by atoms with Crippen molar-refractivity contribution in [3.05, 3.63) is 12.2 Å². The topological polar surface area (TPSA) is 52.6 Å². The van der Waals surface area contributed by atoms with E-state index in [4.69, 9.17) is 9.47 Å². The summed E-state index contributed by atoms with van der Waals surface area (Å²) in [6.45, 7) is 4.91. The van der Waals surface area contributed by atoms with Crippen LogP contribution in [-0.4, -0.2) is 30.1 Å². The van der Waals surface area contributed by atoms with Gasteiger partial charge in [-0.05, 0) is 32.9 Å². The Balaban J connectivity index is 2.77. The molecule has 2 atom stereocenters. The quantitative estimate of drug-likeness (QED) is 0.498. The molecule has 1 saturated heterocycles. The Morgan fingerprint density at radius 2 is 2.00 bits per heavy atom. The third-order valence-corrected chi connectivity index (χ3v) is 1.91. The molecule has 0 saturated carbocycles. The molecule has 4 heteroatoms. The second-order valence-corrected chi connectivity index (χ2v) is 3.65. The lowest BCUT2D eigenvalue weighted by atomic mass is 10.1. The minimum atomic E-state index is -0.770. The van der Waals surface area contributed by atoms with Gasteiger partial charge in [-0.15, -0.1) is 0 Å². The number of ketones is 1. The summed E-state index contributed by atoms with van der Waals surface area (Å²) >= 11 is 0. The van der Waals surface area contributed by atoms with Crippen LogP contribution in [0.3, 0.4) is 0 Å². The van der Waals surface area contributed by atoms with E-state index in [9.17, 15) is 9.59 Å². The first kappa shape index (κ1) is 11.1. The molecule has 0 N–H and O–H groups in total. The van der Waals surface area contributed by atoms with Crippen molar-refractivity contribution in [2.45, 2.75) is 38.8 Å². The average molecular weight is 198 g/mol. The van der Waals surface area contributed by atoms with Gasteiger partial charge in [0.15, 0.2) is 11.6 Å². The molecular weight excluding hydrogens is 184 g/mol. The van der Waals surface area contributed by atoms with Crippen LogP contribution in [0.1, 0.15) is 20.8 Å². The summed E-state index contributed by atoms with van der Waals surface area (Å²) in [5, 5.41) is 0. The molecule has 0 amide bonds. The summed E-state index contributed by atoms with van der Waals surface area (Å²) in [5.74, 6) is -0.870. The molecule has 1 aliphatic rings. The highest BCUT2D eigenvalue weighted by Crippen LogP contribution is 2.29. The maximum atomic E-state index is 11.2. The van der Waals surface area contributed by atoms with E-state index in [0.29, 0.717) is 6.29 Å². The van der Waals surface area contributed by atoms with Gasteiger partial charge in [0.2, 0.25) is 0 Å². The number of ether oxygens (including phenoxy) is 2. The van der Waals surface area contributed by atoms with Crippen molar-refractivity contribution in [1.29, 1.82) is 0 Å². The molecule has 0 radical (unpaired) electrons. The fourth-order valence-electron chi connectivity index (χ4n) is 1.40. The second-order valence-electron chi connectivity index (χ2n) is 3.65. The van der Waals surface area contributed by atoms with Crippen LogP contribution in [0.4, 0.5) is 0 Å². The zero-order chi connectivity index (χ0) is 10.8. The van der Waals surface area contributed by atoms with Crippen molar-refractivity contribution in [3.8, 4) is 0 Å². The highest BCUT2D eigenvalue weighted by atomic mass is 16.8. The Labute approximate surface area is 82.9 Å². The Bertz CT molecular complexity index is 267. The Morgan fingerprint density at radius 1 is 1.36 bits per heavy atom. The predicted molar refractivity (Wildman–Crippen MR) is 49.7 cm³/mol. The molecule has 1 heterocycles. The molecule has 14 heavy (non-hydrogen) atoms. The number of hydrogen-bond donors (Lipinski definition) is 0. The monoisotopic (exact) mass is 198 g/mol.